The van der Waals surface area contributed by atoms with Gasteiger partial charge < -0.3 is 72.2 Å². The summed E-state index contributed by atoms with van der Waals surface area (Å²) in [5.41, 5.74) is -2.21. The molecule has 3 fully saturated rings. The molecule has 0 radical (unpaired) electrons. The predicted molar refractivity (Wildman–Crippen MR) is 415 cm³/mol. The Balaban J connectivity index is 1.36. The Morgan fingerprint density at radius 3 is 1.06 bits per heavy atom. The second kappa shape index (κ2) is 54.4. The lowest BCUT2D eigenvalue weighted by atomic mass is 9.85. The van der Waals surface area contributed by atoms with Crippen LogP contribution >= 0.6 is 35.3 Å². The van der Waals surface area contributed by atoms with Crippen molar-refractivity contribution in [2.75, 3.05) is 83.3 Å². The van der Waals surface area contributed by atoms with Crippen LogP contribution in [-0.4, -0.2) is 207 Å². The molecular weight excluding hydrogens is 1560 g/mol. The van der Waals surface area contributed by atoms with Gasteiger partial charge in [-0.2, -0.15) is 8.78 Å². The number of hydrogen-bond donors (Lipinski definition) is 2. The highest BCUT2D eigenvalue weighted by Crippen LogP contribution is 2.42. The number of esters is 7. The number of halogens is 5. The van der Waals surface area contributed by atoms with E-state index in [1.165, 1.54) is 41.5 Å². The van der Waals surface area contributed by atoms with Gasteiger partial charge in [-0.3, -0.25) is 52.7 Å². The maximum Gasteiger partial charge on any atom is 0.311 e. The maximum atomic E-state index is 14.4. The molecule has 4 rings (SSSR count). The first-order valence-corrected chi connectivity index (χ1v) is 43.1. The third-order valence-corrected chi connectivity index (χ3v) is 24.5. The van der Waals surface area contributed by atoms with E-state index in [1.54, 1.807) is 35.3 Å². The second-order valence-electron chi connectivity index (χ2n) is 29.9. The van der Waals surface area contributed by atoms with Crippen molar-refractivity contribution in [3.8, 4) is 5.75 Å². The highest BCUT2D eigenvalue weighted by molar-refractivity contribution is 8.00. The topological polar surface area (TPSA) is 332 Å². The number of rotatable bonds is 56. The first-order valence-electron chi connectivity index (χ1n) is 39.9. The van der Waals surface area contributed by atoms with Gasteiger partial charge in [0, 0.05) is 111 Å². The van der Waals surface area contributed by atoms with Gasteiger partial charge in [-0.05, 0) is 80.0 Å². The molecule has 15 atom stereocenters. The predicted octanol–water partition coefficient (Wildman–Crippen LogP) is 12.7. The third kappa shape index (κ3) is 37.5. The molecule has 3 heterocycles. The summed E-state index contributed by atoms with van der Waals surface area (Å²) in [7, 11) is 0. The van der Waals surface area contributed by atoms with Gasteiger partial charge >= 0.3 is 41.8 Å². The summed E-state index contributed by atoms with van der Waals surface area (Å²) in [6.07, 6.45) is 6.65. The molecule has 0 spiro atoms. The number of thioether (sulfide) groups is 3. The third-order valence-electron chi connectivity index (χ3n) is 20.3. The molecule has 3 saturated heterocycles. The van der Waals surface area contributed by atoms with E-state index in [9.17, 15) is 74.7 Å². The van der Waals surface area contributed by atoms with Gasteiger partial charge in [0.25, 0.3) is 0 Å². The minimum absolute atomic E-state index is 0.000678. The van der Waals surface area contributed by atoms with Crippen LogP contribution in [0, 0.1) is 64.6 Å². The van der Waals surface area contributed by atoms with Crippen molar-refractivity contribution in [3.63, 3.8) is 0 Å². The SMILES string of the molecule is CC(=O)OCC1OC(SCCCCCCCC(=O)CCOCC(COCCC(=O)CCCCCCCSC2OC(COC(C)=O)C(OC(C)=O)C(C)C2C)(COCCC(=O)NCCCCCCSC2OC(COC(C)=O)C(OC(C)=O)C(C)C2C)NC(=O)CCCC(=O)Oc2c(F)c(F)c(F)c(F)c2F)C(C)C(C)C1OC(C)=O. The fraction of sp³-hybridized carbons (Fsp3) is 0.787. The van der Waals surface area contributed by atoms with Crippen molar-refractivity contribution in [1.82, 2.24) is 10.6 Å². The van der Waals surface area contributed by atoms with Crippen LogP contribution in [0.2, 0.25) is 0 Å². The van der Waals surface area contributed by atoms with Crippen LogP contribution < -0.4 is 15.4 Å². The van der Waals surface area contributed by atoms with E-state index >= 15 is 0 Å². The number of nitrogens with one attached hydrogen (secondary N) is 2. The Hall–Kier alpha value is -5.75. The number of unbranched alkanes of at least 4 members (excludes halogenated alkanes) is 11. The average molecular weight is 1690 g/mol. The number of ether oxygens (including phenoxy) is 13. The summed E-state index contributed by atoms with van der Waals surface area (Å²) in [4.78, 5) is 137. The van der Waals surface area contributed by atoms with Crippen molar-refractivity contribution < 1.29 is 136 Å². The highest BCUT2D eigenvalue weighted by Gasteiger charge is 2.47. The maximum absolute atomic E-state index is 14.4. The van der Waals surface area contributed by atoms with E-state index < -0.39 is 138 Å². The summed E-state index contributed by atoms with van der Waals surface area (Å²) in [6, 6.07) is 0. The zero-order valence-corrected chi connectivity index (χ0v) is 70.8. The zero-order chi connectivity index (χ0) is 84.5. The molecule has 15 unspecified atom stereocenters. The first-order chi connectivity index (χ1) is 54.1. The van der Waals surface area contributed by atoms with Crippen LogP contribution in [0.3, 0.4) is 0 Å². The number of carbonyl (C=O) groups is 11. The normalized spacial score (nSPS) is 24.0. The van der Waals surface area contributed by atoms with Gasteiger partial charge in [0.15, 0.2) is 0 Å². The lowest BCUT2D eigenvalue weighted by molar-refractivity contribution is -0.192. The molecule has 0 saturated carbocycles. The van der Waals surface area contributed by atoms with Crippen LogP contribution in [0.15, 0.2) is 0 Å². The number of hydrogen-bond acceptors (Lipinski definition) is 27. The van der Waals surface area contributed by atoms with Crippen LogP contribution in [0.5, 0.6) is 5.75 Å². The van der Waals surface area contributed by atoms with Gasteiger partial charge in [-0.15, -0.1) is 35.3 Å². The van der Waals surface area contributed by atoms with Crippen molar-refractivity contribution in [2.45, 2.75) is 283 Å². The molecule has 2 amide bonds. The van der Waals surface area contributed by atoms with E-state index in [2.05, 4.69) is 15.4 Å². The van der Waals surface area contributed by atoms with E-state index in [1.807, 2.05) is 41.5 Å². The summed E-state index contributed by atoms with van der Waals surface area (Å²) in [6.45, 7) is 18.9. The summed E-state index contributed by atoms with van der Waals surface area (Å²) in [5.74, 6) is -16.7. The molecule has 1 aromatic carbocycles. The second-order valence-corrected chi connectivity index (χ2v) is 33.5. The Labute approximate surface area is 680 Å². The summed E-state index contributed by atoms with van der Waals surface area (Å²) < 4.78 is 145. The fourth-order valence-corrected chi connectivity index (χ4v) is 17.4. The van der Waals surface area contributed by atoms with Crippen LogP contribution in [-0.2, 0) is 110 Å². The first kappa shape index (κ1) is 101. The van der Waals surface area contributed by atoms with Crippen molar-refractivity contribution >= 4 is 100 Å². The molecule has 3 aliphatic rings. The van der Waals surface area contributed by atoms with Gasteiger partial charge in [0.05, 0.1) is 39.6 Å². The number of Topliss-reactive ketones (excluding diaryl/α,β-unsaturated/α-hetero) is 2. The molecule has 0 aliphatic carbocycles. The Morgan fingerprint density at radius 1 is 0.368 bits per heavy atom. The highest BCUT2D eigenvalue weighted by atomic mass is 32.2. The Bertz CT molecular complexity index is 2930. The molecule has 650 valence electrons. The van der Waals surface area contributed by atoms with Gasteiger partial charge in [-0.25, -0.2) is 13.2 Å². The molecule has 3 aliphatic heterocycles. The van der Waals surface area contributed by atoms with Gasteiger partial charge in [0.1, 0.15) is 89.9 Å². The Kier molecular flexibility index (Phi) is 48.0. The van der Waals surface area contributed by atoms with E-state index in [-0.39, 0.29) is 167 Å². The molecule has 26 nitrogen and oxygen atoms in total. The zero-order valence-electron chi connectivity index (χ0n) is 68.3. The molecular formula is C80H123F5N2O24S3. The van der Waals surface area contributed by atoms with E-state index in [4.69, 9.17) is 56.8 Å². The largest absolute Gasteiger partial charge is 0.463 e. The van der Waals surface area contributed by atoms with Crippen molar-refractivity contribution in [3.05, 3.63) is 29.1 Å². The van der Waals surface area contributed by atoms with E-state index in [0.717, 1.165) is 87.9 Å². The monoisotopic (exact) mass is 1690 g/mol. The molecule has 0 aromatic heterocycles. The van der Waals surface area contributed by atoms with Crippen LogP contribution in [0.4, 0.5) is 22.0 Å². The summed E-state index contributed by atoms with van der Waals surface area (Å²) in [5, 5.41) is 5.75. The number of carbonyl (C=O) groups excluding carboxylic acids is 11. The molecule has 114 heavy (non-hydrogen) atoms. The Morgan fingerprint density at radius 2 is 0.702 bits per heavy atom. The standard InChI is InChI=1S/C80H123F5N2O24S3/c1-48-51(4)77(108-62(42-102-54(7)88)73(48)105-57(10)91)112-39-24-18-13-15-21-28-60(94)32-36-99-45-80(87-66(97)30-27-31-67(98)111-76-71(84)69(82)68(81)70(83)72(76)85,46-100-37-33-61(95)29-22-16-14-19-25-40-113-78-52(5)49(2)74(106-58(11)92)63(109-78)43-103-55(8)89)47-101-38-34-65(96)86-35-23-17-20-26-41-114-79-53(6)50(3)75(107-59(12)93)64(110-79)44-104-56(9)90/h48-53,62-64,73-75,77-79H,13-47H2,1-12H3,(H,86,96)(H,87,97). The molecule has 2 N–H and O–H groups in total. The molecule has 1 aromatic rings. The quantitative estimate of drug-likeness (QED) is 0.0116. The number of benzene rings is 1. The summed E-state index contributed by atoms with van der Waals surface area (Å²) >= 11 is 4.95. The lowest BCUT2D eigenvalue weighted by Gasteiger charge is -2.43. The van der Waals surface area contributed by atoms with E-state index in [0.29, 0.717) is 25.8 Å². The smallest absolute Gasteiger partial charge is 0.311 e. The minimum Gasteiger partial charge on any atom is -0.463 e. The fourth-order valence-electron chi connectivity index (χ4n) is 13.3. The van der Waals surface area contributed by atoms with Crippen molar-refractivity contribution in [1.29, 1.82) is 0 Å². The minimum atomic E-state index is -2.45. The van der Waals surface area contributed by atoms with Gasteiger partial charge in [-0.1, -0.05) is 92.9 Å². The van der Waals surface area contributed by atoms with Crippen molar-refractivity contribution in [2.24, 2.45) is 35.5 Å². The van der Waals surface area contributed by atoms with Crippen LogP contribution in [0.25, 0.3) is 0 Å². The molecule has 34 heteroatoms. The van der Waals surface area contributed by atoms with Crippen LogP contribution in [0.1, 0.15) is 224 Å². The number of amides is 2. The average Bonchev–Trinajstić information content (AvgIpc) is 0.814. The molecule has 0 bridgehead atoms. The lowest BCUT2D eigenvalue weighted by Crippen LogP contribution is -2.58. The number of ketones is 2. The van der Waals surface area contributed by atoms with Gasteiger partial charge in [0.2, 0.25) is 46.6 Å².